The number of rotatable bonds is 3. The van der Waals surface area contributed by atoms with Crippen molar-refractivity contribution in [3.8, 4) is 11.1 Å². The fourth-order valence-electron chi connectivity index (χ4n) is 2.31. The Labute approximate surface area is 117 Å². The van der Waals surface area contributed by atoms with Crippen molar-refractivity contribution in [3.05, 3.63) is 53.4 Å². The minimum atomic E-state index is 0.601. The molecule has 0 aliphatic carbocycles. The summed E-state index contributed by atoms with van der Waals surface area (Å²) in [4.78, 5) is 4.43. The Morgan fingerprint density at radius 3 is 2.74 bits per heavy atom. The normalized spacial score (nSPS) is 11.1. The standard InChI is InChI=1S/C16H14ClNO/c1-2-6-13-15(11-7-4-3-5-8-11)16-14(19-13)9-12(17)10-18-16/h3-5,7-10H,2,6H2,1H3. The van der Waals surface area contributed by atoms with Crippen LogP contribution in [0.1, 0.15) is 19.1 Å². The van der Waals surface area contributed by atoms with E-state index in [0.717, 1.165) is 40.8 Å². The van der Waals surface area contributed by atoms with Gasteiger partial charge in [0.2, 0.25) is 0 Å². The second kappa shape index (κ2) is 5.06. The largest absolute Gasteiger partial charge is 0.459 e. The highest BCUT2D eigenvalue weighted by molar-refractivity contribution is 6.31. The van der Waals surface area contributed by atoms with Gasteiger partial charge in [0, 0.05) is 24.2 Å². The van der Waals surface area contributed by atoms with Crippen LogP contribution < -0.4 is 0 Å². The van der Waals surface area contributed by atoms with Crippen molar-refractivity contribution in [1.82, 2.24) is 4.98 Å². The first-order valence-electron chi connectivity index (χ1n) is 6.42. The predicted octanol–water partition coefficient (Wildman–Crippen LogP) is 5.10. The SMILES string of the molecule is CCCc1oc2cc(Cl)cnc2c1-c1ccccc1. The number of hydrogen-bond donors (Lipinski definition) is 0. The first kappa shape index (κ1) is 12.2. The van der Waals surface area contributed by atoms with Crippen LogP contribution >= 0.6 is 11.6 Å². The smallest absolute Gasteiger partial charge is 0.154 e. The van der Waals surface area contributed by atoms with Gasteiger partial charge in [-0.25, -0.2) is 0 Å². The van der Waals surface area contributed by atoms with Crippen molar-refractivity contribution in [2.75, 3.05) is 0 Å². The van der Waals surface area contributed by atoms with Gasteiger partial charge in [0.05, 0.1) is 5.02 Å². The van der Waals surface area contributed by atoms with E-state index in [2.05, 4.69) is 24.0 Å². The van der Waals surface area contributed by atoms with Crippen molar-refractivity contribution < 1.29 is 4.42 Å². The Kier molecular flexibility index (Phi) is 3.26. The molecule has 0 aliphatic heterocycles. The monoisotopic (exact) mass is 271 g/mol. The van der Waals surface area contributed by atoms with Crippen LogP contribution in [0.5, 0.6) is 0 Å². The van der Waals surface area contributed by atoms with Gasteiger partial charge in [-0.15, -0.1) is 0 Å². The van der Waals surface area contributed by atoms with Gasteiger partial charge in [0.15, 0.2) is 5.58 Å². The lowest BCUT2D eigenvalue weighted by molar-refractivity contribution is 0.546. The van der Waals surface area contributed by atoms with E-state index in [0.29, 0.717) is 5.02 Å². The van der Waals surface area contributed by atoms with Gasteiger partial charge in [-0.3, -0.25) is 4.98 Å². The summed E-state index contributed by atoms with van der Waals surface area (Å²) in [6.45, 7) is 2.14. The highest BCUT2D eigenvalue weighted by Crippen LogP contribution is 2.35. The number of aryl methyl sites for hydroxylation is 1. The molecular weight excluding hydrogens is 258 g/mol. The van der Waals surface area contributed by atoms with Gasteiger partial charge >= 0.3 is 0 Å². The van der Waals surface area contributed by atoms with E-state index in [1.165, 1.54) is 0 Å². The van der Waals surface area contributed by atoms with Crippen LogP contribution in [0.15, 0.2) is 47.0 Å². The molecular formula is C16H14ClNO. The van der Waals surface area contributed by atoms with Crippen LogP contribution in [0.3, 0.4) is 0 Å². The summed E-state index contributed by atoms with van der Waals surface area (Å²) in [6.07, 6.45) is 3.60. The molecule has 0 saturated carbocycles. The molecule has 0 aliphatic rings. The Morgan fingerprint density at radius 1 is 1.21 bits per heavy atom. The predicted molar refractivity (Wildman–Crippen MR) is 78.5 cm³/mol. The van der Waals surface area contributed by atoms with Crippen molar-refractivity contribution >= 4 is 22.7 Å². The summed E-state index contributed by atoms with van der Waals surface area (Å²) in [5.74, 6) is 0.985. The summed E-state index contributed by atoms with van der Waals surface area (Å²) in [5.41, 5.74) is 3.88. The molecule has 1 aromatic carbocycles. The zero-order chi connectivity index (χ0) is 13.2. The van der Waals surface area contributed by atoms with Gasteiger partial charge in [-0.05, 0) is 12.0 Å². The molecule has 2 nitrogen and oxygen atoms in total. The molecule has 0 radical (unpaired) electrons. The molecule has 0 spiro atoms. The van der Waals surface area contributed by atoms with Crippen molar-refractivity contribution in [3.63, 3.8) is 0 Å². The molecule has 0 fully saturated rings. The number of aromatic nitrogens is 1. The molecule has 0 saturated heterocycles. The highest BCUT2D eigenvalue weighted by atomic mass is 35.5. The molecule has 0 unspecified atom stereocenters. The molecule has 2 heterocycles. The van der Waals surface area contributed by atoms with E-state index < -0.39 is 0 Å². The maximum absolute atomic E-state index is 5.98. The van der Waals surface area contributed by atoms with E-state index in [4.69, 9.17) is 16.0 Å². The minimum absolute atomic E-state index is 0.601. The molecule has 0 atom stereocenters. The topological polar surface area (TPSA) is 26.0 Å². The second-order valence-electron chi connectivity index (χ2n) is 4.52. The lowest BCUT2D eigenvalue weighted by atomic mass is 10.0. The molecule has 96 valence electrons. The third kappa shape index (κ3) is 2.24. The van der Waals surface area contributed by atoms with Crippen LogP contribution in [0.4, 0.5) is 0 Å². The summed E-state index contributed by atoms with van der Waals surface area (Å²) in [5, 5.41) is 0.601. The zero-order valence-electron chi connectivity index (χ0n) is 10.7. The number of fused-ring (bicyclic) bond motifs is 1. The first-order chi connectivity index (χ1) is 9.29. The summed E-state index contributed by atoms with van der Waals surface area (Å²) in [6, 6.07) is 12.1. The summed E-state index contributed by atoms with van der Waals surface area (Å²) < 4.78 is 5.93. The van der Waals surface area contributed by atoms with Crippen LogP contribution in [-0.2, 0) is 6.42 Å². The highest BCUT2D eigenvalue weighted by Gasteiger charge is 2.16. The average Bonchev–Trinajstić information content (AvgIpc) is 2.77. The summed E-state index contributed by atoms with van der Waals surface area (Å²) in [7, 11) is 0. The van der Waals surface area contributed by atoms with E-state index in [9.17, 15) is 0 Å². The van der Waals surface area contributed by atoms with Crippen LogP contribution in [-0.4, -0.2) is 4.98 Å². The molecule has 19 heavy (non-hydrogen) atoms. The van der Waals surface area contributed by atoms with E-state index >= 15 is 0 Å². The Morgan fingerprint density at radius 2 is 2.00 bits per heavy atom. The lowest BCUT2D eigenvalue weighted by Crippen LogP contribution is -1.85. The van der Waals surface area contributed by atoms with Crippen LogP contribution in [0.25, 0.3) is 22.2 Å². The zero-order valence-corrected chi connectivity index (χ0v) is 11.4. The van der Waals surface area contributed by atoms with Gasteiger partial charge < -0.3 is 4.42 Å². The van der Waals surface area contributed by atoms with Crippen LogP contribution in [0, 0.1) is 0 Å². The van der Waals surface area contributed by atoms with Crippen molar-refractivity contribution in [1.29, 1.82) is 0 Å². The van der Waals surface area contributed by atoms with Gasteiger partial charge in [0.1, 0.15) is 11.3 Å². The quantitative estimate of drug-likeness (QED) is 0.662. The molecule has 3 heteroatoms. The Bertz CT molecular complexity index is 703. The molecule has 3 aromatic rings. The Hall–Kier alpha value is -1.80. The first-order valence-corrected chi connectivity index (χ1v) is 6.79. The van der Waals surface area contributed by atoms with Gasteiger partial charge in [-0.2, -0.15) is 0 Å². The summed E-state index contributed by atoms with van der Waals surface area (Å²) >= 11 is 5.98. The maximum atomic E-state index is 5.98. The number of halogens is 1. The minimum Gasteiger partial charge on any atom is -0.459 e. The molecule has 3 rings (SSSR count). The number of pyridine rings is 1. The van der Waals surface area contributed by atoms with Gasteiger partial charge in [-0.1, -0.05) is 48.9 Å². The van der Waals surface area contributed by atoms with E-state index in [-0.39, 0.29) is 0 Å². The van der Waals surface area contributed by atoms with E-state index in [1.807, 2.05) is 24.3 Å². The van der Waals surface area contributed by atoms with E-state index in [1.54, 1.807) is 6.20 Å². The van der Waals surface area contributed by atoms with Gasteiger partial charge in [0.25, 0.3) is 0 Å². The van der Waals surface area contributed by atoms with Crippen molar-refractivity contribution in [2.45, 2.75) is 19.8 Å². The molecule has 0 amide bonds. The fraction of sp³-hybridized carbons (Fsp3) is 0.188. The molecule has 2 aromatic heterocycles. The molecule has 0 N–H and O–H groups in total. The number of furan rings is 1. The Balaban J connectivity index is 2.28. The average molecular weight is 272 g/mol. The van der Waals surface area contributed by atoms with Crippen molar-refractivity contribution in [2.24, 2.45) is 0 Å². The lowest BCUT2D eigenvalue weighted by Gasteiger charge is -2.01. The number of nitrogens with zero attached hydrogens (tertiary/aromatic N) is 1. The van der Waals surface area contributed by atoms with Crippen LogP contribution in [0.2, 0.25) is 5.02 Å². The number of benzene rings is 1. The number of hydrogen-bond acceptors (Lipinski definition) is 2. The second-order valence-corrected chi connectivity index (χ2v) is 4.95. The molecule has 0 bridgehead atoms. The third-order valence-electron chi connectivity index (χ3n) is 3.11. The maximum Gasteiger partial charge on any atom is 0.154 e. The third-order valence-corrected chi connectivity index (χ3v) is 3.31. The fourth-order valence-corrected chi connectivity index (χ4v) is 2.46.